The molecule has 1 aliphatic heterocycles. The summed E-state index contributed by atoms with van der Waals surface area (Å²) in [6.45, 7) is 6.71. The van der Waals surface area contributed by atoms with Gasteiger partial charge in [0.15, 0.2) is 0 Å². The van der Waals surface area contributed by atoms with E-state index in [0.29, 0.717) is 0 Å². The molecule has 0 spiro atoms. The molecular weight excluding hydrogens is 208 g/mol. The smallest absolute Gasteiger partial charge is 0.202 e. The minimum atomic E-state index is 0.921. The van der Waals surface area contributed by atoms with Crippen LogP contribution in [0.15, 0.2) is 0 Å². The van der Waals surface area contributed by atoms with Crippen molar-refractivity contribution in [2.45, 2.75) is 26.2 Å². The Bertz CT molecular complexity index is 293. The molecule has 1 N–H and O–H groups in total. The molecule has 0 bridgehead atoms. The summed E-state index contributed by atoms with van der Waals surface area (Å²) in [4.78, 5) is 6.87. The Morgan fingerprint density at radius 3 is 2.87 bits per heavy atom. The van der Waals surface area contributed by atoms with E-state index in [9.17, 15) is 0 Å². The highest BCUT2D eigenvalue weighted by atomic mass is 32.1. The highest BCUT2D eigenvalue weighted by molar-refractivity contribution is 7.09. The lowest BCUT2D eigenvalue weighted by Crippen LogP contribution is -2.25. The van der Waals surface area contributed by atoms with Crippen LogP contribution in [0.5, 0.6) is 0 Å². The van der Waals surface area contributed by atoms with Gasteiger partial charge >= 0.3 is 0 Å². The molecule has 2 heterocycles. The predicted molar refractivity (Wildman–Crippen MR) is 63.5 cm³/mol. The maximum absolute atomic E-state index is 4.37. The zero-order valence-electron chi connectivity index (χ0n) is 9.20. The molecule has 0 atom stereocenters. The summed E-state index contributed by atoms with van der Waals surface area (Å²) in [6.07, 6.45) is 3.64. The number of aryl methyl sites for hydroxylation is 1. The first-order chi connectivity index (χ1) is 7.38. The second kappa shape index (κ2) is 5.42. The van der Waals surface area contributed by atoms with E-state index in [0.717, 1.165) is 30.5 Å². The number of nitrogens with one attached hydrogen (secondary N) is 1. The van der Waals surface area contributed by atoms with Crippen molar-refractivity contribution in [3.63, 3.8) is 0 Å². The second-order valence-electron chi connectivity index (χ2n) is 3.84. The minimum Gasteiger partial charge on any atom is -0.359 e. The molecule has 15 heavy (non-hydrogen) atoms. The molecule has 1 aliphatic rings. The lowest BCUT2D eigenvalue weighted by atomic mass is 10.4. The van der Waals surface area contributed by atoms with Gasteiger partial charge in [-0.25, -0.2) is 4.98 Å². The van der Waals surface area contributed by atoms with Crippen molar-refractivity contribution in [1.82, 2.24) is 14.3 Å². The van der Waals surface area contributed by atoms with Crippen LogP contribution in [0.2, 0.25) is 0 Å². The topological polar surface area (TPSA) is 41.1 Å². The van der Waals surface area contributed by atoms with E-state index in [2.05, 4.69) is 26.5 Å². The number of rotatable bonds is 5. The van der Waals surface area contributed by atoms with Crippen molar-refractivity contribution >= 4 is 16.7 Å². The molecule has 84 valence electrons. The lowest BCUT2D eigenvalue weighted by molar-refractivity contribution is 0.352. The lowest BCUT2D eigenvalue weighted by Gasteiger charge is -2.13. The molecule has 1 aromatic rings. The molecule has 0 amide bonds. The van der Waals surface area contributed by atoms with Crippen molar-refractivity contribution in [3.8, 4) is 0 Å². The number of aromatic nitrogens is 2. The fourth-order valence-corrected chi connectivity index (χ4v) is 2.47. The summed E-state index contributed by atoms with van der Waals surface area (Å²) in [6, 6.07) is 0. The Kier molecular flexibility index (Phi) is 3.91. The van der Waals surface area contributed by atoms with Crippen LogP contribution in [0.3, 0.4) is 0 Å². The second-order valence-corrected chi connectivity index (χ2v) is 4.60. The van der Waals surface area contributed by atoms with Crippen LogP contribution >= 0.6 is 11.5 Å². The molecular formula is C10H18N4S. The van der Waals surface area contributed by atoms with Gasteiger partial charge < -0.3 is 10.2 Å². The number of likely N-dealkylation sites (tertiary alicyclic amines) is 1. The Hall–Kier alpha value is -0.680. The van der Waals surface area contributed by atoms with Gasteiger partial charge in [-0.2, -0.15) is 4.37 Å². The first-order valence-corrected chi connectivity index (χ1v) is 6.44. The minimum absolute atomic E-state index is 0.921. The van der Waals surface area contributed by atoms with Gasteiger partial charge in [-0.15, -0.1) is 0 Å². The zero-order chi connectivity index (χ0) is 10.5. The van der Waals surface area contributed by atoms with E-state index < -0.39 is 0 Å². The molecule has 5 heteroatoms. The van der Waals surface area contributed by atoms with Crippen LogP contribution in [-0.4, -0.2) is 40.4 Å². The molecule has 0 aromatic carbocycles. The molecule has 0 radical (unpaired) electrons. The van der Waals surface area contributed by atoms with Gasteiger partial charge in [0.25, 0.3) is 0 Å². The monoisotopic (exact) mass is 226 g/mol. The fourth-order valence-electron chi connectivity index (χ4n) is 1.80. The van der Waals surface area contributed by atoms with Gasteiger partial charge in [0.2, 0.25) is 5.13 Å². The average molecular weight is 226 g/mol. The van der Waals surface area contributed by atoms with Gasteiger partial charge in [-0.05, 0) is 25.9 Å². The Balaban J connectivity index is 1.68. The van der Waals surface area contributed by atoms with Crippen LogP contribution in [0.4, 0.5) is 5.13 Å². The SMILES string of the molecule is CCc1nsc(NCCN2CCCC2)n1. The van der Waals surface area contributed by atoms with Gasteiger partial charge in [0.05, 0.1) is 0 Å². The largest absolute Gasteiger partial charge is 0.359 e. The summed E-state index contributed by atoms with van der Waals surface area (Å²) < 4.78 is 4.24. The maximum Gasteiger partial charge on any atom is 0.202 e. The normalized spacial score (nSPS) is 17.1. The highest BCUT2D eigenvalue weighted by Crippen LogP contribution is 2.11. The molecule has 0 aliphatic carbocycles. The highest BCUT2D eigenvalue weighted by Gasteiger charge is 2.10. The number of anilines is 1. The molecule has 4 nitrogen and oxygen atoms in total. The van der Waals surface area contributed by atoms with Crippen molar-refractivity contribution < 1.29 is 0 Å². The standard InChI is InChI=1S/C10H18N4S/c1-2-9-12-10(15-13-9)11-5-8-14-6-3-4-7-14/h2-8H2,1H3,(H,11,12,13). The van der Waals surface area contributed by atoms with Crippen molar-refractivity contribution in [2.24, 2.45) is 0 Å². The van der Waals surface area contributed by atoms with E-state index in [1.165, 1.54) is 37.5 Å². The van der Waals surface area contributed by atoms with E-state index >= 15 is 0 Å². The zero-order valence-corrected chi connectivity index (χ0v) is 10.0. The van der Waals surface area contributed by atoms with Crippen LogP contribution in [-0.2, 0) is 6.42 Å². The molecule has 1 fully saturated rings. The van der Waals surface area contributed by atoms with Crippen molar-refractivity contribution in [2.75, 3.05) is 31.5 Å². The van der Waals surface area contributed by atoms with E-state index in [1.807, 2.05) is 0 Å². The third-order valence-electron chi connectivity index (χ3n) is 2.69. The van der Waals surface area contributed by atoms with Crippen LogP contribution in [0.25, 0.3) is 0 Å². The van der Waals surface area contributed by atoms with Crippen molar-refractivity contribution in [1.29, 1.82) is 0 Å². The average Bonchev–Trinajstić information content (AvgIpc) is 2.88. The maximum atomic E-state index is 4.37. The number of hydrogen-bond donors (Lipinski definition) is 1. The summed E-state index contributed by atoms with van der Waals surface area (Å²) in [5, 5.41) is 4.29. The molecule has 2 rings (SSSR count). The predicted octanol–water partition coefficient (Wildman–Crippen LogP) is 1.61. The first-order valence-electron chi connectivity index (χ1n) is 5.67. The summed E-state index contributed by atoms with van der Waals surface area (Å²) in [7, 11) is 0. The number of hydrogen-bond acceptors (Lipinski definition) is 5. The Labute approximate surface area is 94.9 Å². The Morgan fingerprint density at radius 1 is 1.40 bits per heavy atom. The number of nitrogens with zero attached hydrogens (tertiary/aromatic N) is 3. The summed E-state index contributed by atoms with van der Waals surface area (Å²) in [5.74, 6) is 0.948. The van der Waals surface area contributed by atoms with Crippen LogP contribution < -0.4 is 5.32 Å². The molecule has 1 aromatic heterocycles. The van der Waals surface area contributed by atoms with Crippen LogP contribution in [0.1, 0.15) is 25.6 Å². The van der Waals surface area contributed by atoms with Gasteiger partial charge in [0.1, 0.15) is 5.82 Å². The van der Waals surface area contributed by atoms with Gasteiger partial charge in [0, 0.05) is 31.0 Å². The fraction of sp³-hybridized carbons (Fsp3) is 0.800. The summed E-state index contributed by atoms with van der Waals surface area (Å²) >= 11 is 1.47. The quantitative estimate of drug-likeness (QED) is 0.828. The van der Waals surface area contributed by atoms with E-state index in [4.69, 9.17) is 0 Å². The molecule has 1 saturated heterocycles. The van der Waals surface area contributed by atoms with Crippen molar-refractivity contribution in [3.05, 3.63) is 5.82 Å². The Morgan fingerprint density at radius 2 is 2.20 bits per heavy atom. The molecule has 0 saturated carbocycles. The van der Waals surface area contributed by atoms with Gasteiger partial charge in [-0.1, -0.05) is 6.92 Å². The van der Waals surface area contributed by atoms with Gasteiger partial charge in [-0.3, -0.25) is 0 Å². The van der Waals surface area contributed by atoms with Crippen LogP contribution in [0, 0.1) is 0 Å². The summed E-state index contributed by atoms with van der Waals surface area (Å²) in [5.41, 5.74) is 0. The van der Waals surface area contributed by atoms with E-state index in [1.54, 1.807) is 0 Å². The van der Waals surface area contributed by atoms with E-state index in [-0.39, 0.29) is 0 Å². The molecule has 0 unspecified atom stereocenters. The first kappa shape index (κ1) is 10.8. The third kappa shape index (κ3) is 3.14. The third-order valence-corrected chi connectivity index (χ3v) is 3.40.